The molecule has 2 rings (SSSR count). The molecule has 1 N–H and O–H groups in total. The van der Waals surface area contributed by atoms with Crippen LogP contribution in [-0.2, 0) is 6.54 Å². The number of fused-ring (bicyclic) bond motifs is 1. The topological polar surface area (TPSA) is 57.8 Å². The van der Waals surface area contributed by atoms with E-state index in [1.54, 1.807) is 16.7 Å². The van der Waals surface area contributed by atoms with E-state index in [-0.39, 0.29) is 12.2 Å². The van der Waals surface area contributed by atoms with Crippen LogP contribution in [0, 0.1) is 6.92 Å². The van der Waals surface area contributed by atoms with Crippen molar-refractivity contribution in [2.45, 2.75) is 33.4 Å². The van der Waals surface area contributed by atoms with Gasteiger partial charge in [0.05, 0.1) is 12.3 Å². The molecule has 5 nitrogen and oxygen atoms in total. The molecule has 0 bridgehead atoms. The summed E-state index contributed by atoms with van der Waals surface area (Å²) in [5, 5.41) is 9.10. The molecule has 2 heterocycles. The van der Waals surface area contributed by atoms with Crippen LogP contribution in [0.15, 0.2) is 29.2 Å². The van der Waals surface area contributed by atoms with Crippen LogP contribution in [0.1, 0.15) is 25.1 Å². The zero-order valence-corrected chi connectivity index (χ0v) is 12.2. The van der Waals surface area contributed by atoms with E-state index in [2.05, 4.69) is 23.7 Å². The Balaban J connectivity index is 2.37. The van der Waals surface area contributed by atoms with Crippen molar-refractivity contribution in [3.05, 3.63) is 46.0 Å². The second-order valence-electron chi connectivity index (χ2n) is 5.31. The Hall–Kier alpha value is -1.72. The first kappa shape index (κ1) is 14.7. The van der Waals surface area contributed by atoms with Crippen molar-refractivity contribution < 1.29 is 5.11 Å². The number of nitrogens with zero attached hydrogens (tertiary/aromatic N) is 3. The highest BCUT2D eigenvalue weighted by atomic mass is 16.3. The highest BCUT2D eigenvalue weighted by Crippen LogP contribution is 2.07. The predicted octanol–water partition coefficient (Wildman–Crippen LogP) is 1.21. The number of aromatic nitrogens is 2. The Kier molecular flexibility index (Phi) is 4.52. The van der Waals surface area contributed by atoms with Gasteiger partial charge in [-0.3, -0.25) is 14.1 Å². The molecule has 2 aromatic rings. The van der Waals surface area contributed by atoms with Crippen LogP contribution in [-0.4, -0.2) is 38.6 Å². The van der Waals surface area contributed by atoms with Gasteiger partial charge in [-0.25, -0.2) is 4.98 Å². The number of rotatable bonds is 5. The molecular formula is C15H21N3O2. The monoisotopic (exact) mass is 275 g/mol. The first-order valence-electron chi connectivity index (χ1n) is 6.85. The van der Waals surface area contributed by atoms with Crippen molar-refractivity contribution in [1.82, 2.24) is 14.3 Å². The molecule has 5 heteroatoms. The maximum Gasteiger partial charge on any atom is 0.258 e. The Labute approximate surface area is 118 Å². The number of hydrogen-bond donors (Lipinski definition) is 1. The minimum atomic E-state index is -0.0716. The number of aliphatic hydroxyl groups is 1. The predicted molar refractivity (Wildman–Crippen MR) is 78.8 cm³/mol. The van der Waals surface area contributed by atoms with Crippen molar-refractivity contribution in [2.75, 3.05) is 13.2 Å². The Morgan fingerprint density at radius 3 is 2.80 bits per heavy atom. The van der Waals surface area contributed by atoms with Crippen molar-refractivity contribution in [3.63, 3.8) is 0 Å². The molecule has 0 fully saturated rings. The molecule has 0 atom stereocenters. The lowest BCUT2D eigenvalue weighted by Crippen LogP contribution is -2.33. The van der Waals surface area contributed by atoms with Gasteiger partial charge in [0.15, 0.2) is 0 Å². The van der Waals surface area contributed by atoms with E-state index in [1.165, 1.54) is 0 Å². The lowest BCUT2D eigenvalue weighted by Gasteiger charge is -2.25. The van der Waals surface area contributed by atoms with Crippen LogP contribution in [0.25, 0.3) is 5.65 Å². The second kappa shape index (κ2) is 6.15. The maximum atomic E-state index is 12.1. The third-order valence-corrected chi connectivity index (χ3v) is 3.36. The van der Waals surface area contributed by atoms with Crippen molar-refractivity contribution in [3.8, 4) is 0 Å². The fourth-order valence-electron chi connectivity index (χ4n) is 2.19. The van der Waals surface area contributed by atoms with E-state index in [0.29, 0.717) is 24.8 Å². The number of aliphatic hydroxyl groups excluding tert-OH is 1. The van der Waals surface area contributed by atoms with E-state index < -0.39 is 0 Å². The second-order valence-corrected chi connectivity index (χ2v) is 5.31. The van der Waals surface area contributed by atoms with Crippen LogP contribution in [0.4, 0.5) is 0 Å². The van der Waals surface area contributed by atoms with Gasteiger partial charge in [-0.1, -0.05) is 0 Å². The summed E-state index contributed by atoms with van der Waals surface area (Å²) in [6, 6.07) is 5.65. The molecule has 0 aliphatic heterocycles. The highest BCUT2D eigenvalue weighted by Gasteiger charge is 2.11. The van der Waals surface area contributed by atoms with E-state index in [4.69, 9.17) is 5.11 Å². The molecule has 0 spiro atoms. The standard InChI is InChI=1S/C15H21N3O2/c1-11(2)17(6-7-19)10-13-9-15(20)18-5-4-12(3)8-14(18)16-13/h4-5,8-9,11,19H,6-7,10H2,1-3H3. The largest absolute Gasteiger partial charge is 0.395 e. The van der Waals surface area contributed by atoms with Gasteiger partial charge < -0.3 is 5.11 Å². The van der Waals surface area contributed by atoms with Gasteiger partial charge in [-0.05, 0) is 38.5 Å². The SMILES string of the molecule is Cc1ccn2c(=O)cc(CN(CCO)C(C)C)nc2c1. The normalized spacial score (nSPS) is 11.7. The summed E-state index contributed by atoms with van der Waals surface area (Å²) < 4.78 is 1.54. The summed E-state index contributed by atoms with van der Waals surface area (Å²) in [6.45, 7) is 7.35. The summed E-state index contributed by atoms with van der Waals surface area (Å²) in [7, 11) is 0. The zero-order chi connectivity index (χ0) is 14.7. The fourth-order valence-corrected chi connectivity index (χ4v) is 2.19. The molecule has 108 valence electrons. The summed E-state index contributed by atoms with van der Waals surface area (Å²) in [5.74, 6) is 0. The molecule has 0 aliphatic rings. The minimum absolute atomic E-state index is 0.0716. The summed E-state index contributed by atoms with van der Waals surface area (Å²) in [5.41, 5.74) is 2.41. The number of aryl methyl sites for hydroxylation is 1. The molecule has 0 radical (unpaired) electrons. The van der Waals surface area contributed by atoms with Gasteiger partial charge in [0.2, 0.25) is 0 Å². The van der Waals surface area contributed by atoms with Gasteiger partial charge in [0, 0.05) is 31.4 Å². The molecule has 0 saturated carbocycles. The molecule has 0 amide bonds. The van der Waals surface area contributed by atoms with Crippen molar-refractivity contribution in [2.24, 2.45) is 0 Å². The number of hydrogen-bond acceptors (Lipinski definition) is 4. The molecule has 0 unspecified atom stereocenters. The highest BCUT2D eigenvalue weighted by molar-refractivity contribution is 5.41. The number of pyridine rings is 1. The van der Waals surface area contributed by atoms with Gasteiger partial charge in [-0.15, -0.1) is 0 Å². The average Bonchev–Trinajstić information content (AvgIpc) is 2.37. The van der Waals surface area contributed by atoms with Gasteiger partial charge in [0.1, 0.15) is 5.65 Å². The molecule has 0 aromatic carbocycles. The van der Waals surface area contributed by atoms with Crippen LogP contribution in [0.3, 0.4) is 0 Å². The Morgan fingerprint density at radius 2 is 2.15 bits per heavy atom. The van der Waals surface area contributed by atoms with Gasteiger partial charge in [-0.2, -0.15) is 0 Å². The smallest absolute Gasteiger partial charge is 0.258 e. The molecule has 2 aromatic heterocycles. The molecule has 0 saturated heterocycles. The van der Waals surface area contributed by atoms with Gasteiger partial charge in [0.25, 0.3) is 5.56 Å². The van der Waals surface area contributed by atoms with Crippen LogP contribution in [0.5, 0.6) is 0 Å². The average molecular weight is 275 g/mol. The summed E-state index contributed by atoms with van der Waals surface area (Å²) in [6.07, 6.45) is 1.75. The minimum Gasteiger partial charge on any atom is -0.395 e. The van der Waals surface area contributed by atoms with Crippen molar-refractivity contribution >= 4 is 5.65 Å². The van der Waals surface area contributed by atoms with E-state index in [9.17, 15) is 4.79 Å². The molecule has 20 heavy (non-hydrogen) atoms. The quantitative estimate of drug-likeness (QED) is 0.891. The fraction of sp³-hybridized carbons (Fsp3) is 0.467. The van der Waals surface area contributed by atoms with Crippen LogP contribution in [0.2, 0.25) is 0 Å². The summed E-state index contributed by atoms with van der Waals surface area (Å²) >= 11 is 0. The first-order chi connectivity index (χ1) is 9.51. The lowest BCUT2D eigenvalue weighted by atomic mass is 10.2. The van der Waals surface area contributed by atoms with Crippen LogP contribution < -0.4 is 5.56 Å². The molecule has 0 aliphatic carbocycles. The first-order valence-corrected chi connectivity index (χ1v) is 6.85. The summed E-state index contributed by atoms with van der Waals surface area (Å²) in [4.78, 5) is 18.7. The van der Waals surface area contributed by atoms with E-state index in [0.717, 1.165) is 11.3 Å². The lowest BCUT2D eigenvalue weighted by molar-refractivity contribution is 0.158. The van der Waals surface area contributed by atoms with Crippen molar-refractivity contribution in [1.29, 1.82) is 0 Å². The van der Waals surface area contributed by atoms with Gasteiger partial charge >= 0.3 is 0 Å². The third kappa shape index (κ3) is 3.23. The van der Waals surface area contributed by atoms with E-state index in [1.807, 2.05) is 19.1 Å². The Morgan fingerprint density at radius 1 is 1.40 bits per heavy atom. The molecular weight excluding hydrogens is 254 g/mol. The Bertz CT molecular complexity index is 649. The maximum absolute atomic E-state index is 12.1. The van der Waals surface area contributed by atoms with Crippen LogP contribution >= 0.6 is 0 Å². The third-order valence-electron chi connectivity index (χ3n) is 3.36. The zero-order valence-electron chi connectivity index (χ0n) is 12.2. The van der Waals surface area contributed by atoms with E-state index >= 15 is 0 Å².